The molecule has 1 heterocycles. The number of aromatic nitrogens is 2. The molecule has 1 aromatic heterocycles. The fraction of sp³-hybridized carbons (Fsp3) is 0.227. The third kappa shape index (κ3) is 5.14. The molecule has 0 saturated heterocycles. The molecule has 0 spiro atoms. The largest absolute Gasteiger partial charge is 0.508 e. The van der Waals surface area contributed by atoms with Gasteiger partial charge in [-0.15, -0.1) is 0 Å². The zero-order valence-corrected chi connectivity index (χ0v) is 15.5. The molecule has 2 N–H and O–H groups in total. The number of nitrogens with one attached hydrogen (secondary N) is 1. The zero-order chi connectivity index (χ0) is 19.2. The monoisotopic (exact) mass is 361 g/mol. The van der Waals surface area contributed by atoms with Gasteiger partial charge in [0.05, 0.1) is 17.6 Å². The molecule has 5 nitrogen and oxygen atoms in total. The molecule has 0 aliphatic heterocycles. The Morgan fingerprint density at radius 3 is 2.44 bits per heavy atom. The molecular formula is C22H23N3O2. The van der Waals surface area contributed by atoms with Crippen molar-refractivity contribution in [1.82, 2.24) is 9.97 Å². The predicted octanol–water partition coefficient (Wildman–Crippen LogP) is 4.42. The summed E-state index contributed by atoms with van der Waals surface area (Å²) in [5, 5.41) is 12.4. The molecule has 5 heteroatoms. The number of anilines is 1. The van der Waals surface area contributed by atoms with Crippen molar-refractivity contribution in [2.24, 2.45) is 5.92 Å². The average molecular weight is 361 g/mol. The van der Waals surface area contributed by atoms with E-state index >= 15 is 0 Å². The number of carbonyl (C=O) groups excluding carboxylic acids is 1. The van der Waals surface area contributed by atoms with Crippen molar-refractivity contribution >= 4 is 11.7 Å². The van der Waals surface area contributed by atoms with Gasteiger partial charge < -0.3 is 10.4 Å². The second-order valence-electron chi connectivity index (χ2n) is 6.91. The van der Waals surface area contributed by atoms with Gasteiger partial charge >= 0.3 is 0 Å². The molecule has 1 amide bonds. The van der Waals surface area contributed by atoms with E-state index in [4.69, 9.17) is 4.98 Å². The zero-order valence-electron chi connectivity index (χ0n) is 15.5. The Morgan fingerprint density at radius 2 is 1.78 bits per heavy atom. The highest BCUT2D eigenvalue weighted by molar-refractivity contribution is 5.90. The maximum Gasteiger partial charge on any atom is 0.225 e. The fourth-order valence-electron chi connectivity index (χ4n) is 2.77. The second-order valence-corrected chi connectivity index (χ2v) is 6.91. The maximum atomic E-state index is 12.2. The first-order valence-corrected chi connectivity index (χ1v) is 9.00. The van der Waals surface area contributed by atoms with Crippen LogP contribution in [0, 0.1) is 5.92 Å². The Labute approximate surface area is 159 Å². The number of hydrogen-bond donors (Lipinski definition) is 2. The van der Waals surface area contributed by atoms with Crippen LogP contribution in [0.15, 0.2) is 60.8 Å². The van der Waals surface area contributed by atoms with Crippen molar-refractivity contribution in [2.45, 2.75) is 26.7 Å². The number of amides is 1. The van der Waals surface area contributed by atoms with Gasteiger partial charge in [0.2, 0.25) is 5.91 Å². The molecule has 0 aliphatic rings. The van der Waals surface area contributed by atoms with E-state index in [1.165, 1.54) is 0 Å². The molecule has 0 radical (unpaired) electrons. The number of nitrogens with zero attached hydrogens (tertiary/aromatic N) is 2. The van der Waals surface area contributed by atoms with Crippen molar-refractivity contribution in [3.05, 3.63) is 72.1 Å². The van der Waals surface area contributed by atoms with E-state index in [0.29, 0.717) is 30.0 Å². The summed E-state index contributed by atoms with van der Waals surface area (Å²) in [6.45, 7) is 4.01. The molecule has 0 bridgehead atoms. The fourth-order valence-corrected chi connectivity index (χ4v) is 2.77. The molecule has 2 aromatic carbocycles. The number of carbonyl (C=O) groups is 1. The van der Waals surface area contributed by atoms with Crippen molar-refractivity contribution in [2.75, 3.05) is 5.32 Å². The summed E-state index contributed by atoms with van der Waals surface area (Å²) in [7, 11) is 0. The van der Waals surface area contributed by atoms with Crippen LogP contribution in [0.4, 0.5) is 5.82 Å². The molecule has 0 saturated carbocycles. The highest BCUT2D eigenvalue weighted by Gasteiger charge is 2.13. The SMILES string of the molecule is CC(C)CC(=O)Nc1ncc(-c2ccc(O)cc2)nc1Cc1ccccc1. The van der Waals surface area contributed by atoms with Crippen LogP contribution < -0.4 is 5.32 Å². The first-order chi connectivity index (χ1) is 13.0. The smallest absolute Gasteiger partial charge is 0.225 e. The van der Waals surface area contributed by atoms with E-state index in [9.17, 15) is 9.90 Å². The maximum absolute atomic E-state index is 12.2. The van der Waals surface area contributed by atoms with Gasteiger partial charge in [-0.25, -0.2) is 9.97 Å². The quantitative estimate of drug-likeness (QED) is 0.681. The van der Waals surface area contributed by atoms with E-state index in [1.807, 2.05) is 44.2 Å². The Bertz CT molecular complexity index is 907. The molecular weight excluding hydrogens is 338 g/mol. The molecule has 3 aromatic rings. The van der Waals surface area contributed by atoms with Crippen LogP contribution in [-0.4, -0.2) is 21.0 Å². The van der Waals surface area contributed by atoms with E-state index in [1.54, 1.807) is 30.5 Å². The van der Waals surface area contributed by atoms with Crippen molar-refractivity contribution < 1.29 is 9.90 Å². The lowest BCUT2D eigenvalue weighted by atomic mass is 10.1. The van der Waals surface area contributed by atoms with Crippen LogP contribution in [-0.2, 0) is 11.2 Å². The summed E-state index contributed by atoms with van der Waals surface area (Å²) in [4.78, 5) is 21.4. The van der Waals surface area contributed by atoms with Crippen LogP contribution in [0.3, 0.4) is 0 Å². The number of phenols is 1. The van der Waals surface area contributed by atoms with Crippen molar-refractivity contribution in [1.29, 1.82) is 0 Å². The number of rotatable bonds is 6. The minimum atomic E-state index is -0.0639. The summed E-state index contributed by atoms with van der Waals surface area (Å²) < 4.78 is 0. The lowest BCUT2D eigenvalue weighted by molar-refractivity contribution is -0.116. The first kappa shape index (κ1) is 18.6. The number of benzene rings is 2. The Hall–Kier alpha value is -3.21. The molecule has 3 rings (SSSR count). The van der Waals surface area contributed by atoms with Gasteiger partial charge in [0.15, 0.2) is 5.82 Å². The summed E-state index contributed by atoms with van der Waals surface area (Å²) in [5.41, 5.74) is 3.36. The van der Waals surface area contributed by atoms with Gasteiger partial charge in [-0.2, -0.15) is 0 Å². The van der Waals surface area contributed by atoms with Gasteiger partial charge in [0.25, 0.3) is 0 Å². The van der Waals surface area contributed by atoms with Gasteiger partial charge in [0.1, 0.15) is 5.75 Å². The van der Waals surface area contributed by atoms with Crippen LogP contribution >= 0.6 is 0 Å². The summed E-state index contributed by atoms with van der Waals surface area (Å²) in [6, 6.07) is 16.8. The minimum Gasteiger partial charge on any atom is -0.508 e. The van der Waals surface area contributed by atoms with E-state index in [-0.39, 0.29) is 17.6 Å². The lowest BCUT2D eigenvalue weighted by Gasteiger charge is -2.12. The summed E-state index contributed by atoms with van der Waals surface area (Å²) in [6.07, 6.45) is 2.65. The molecule has 138 valence electrons. The van der Waals surface area contributed by atoms with Gasteiger partial charge in [0, 0.05) is 18.4 Å². The first-order valence-electron chi connectivity index (χ1n) is 9.00. The van der Waals surface area contributed by atoms with Crippen LogP contribution in [0.25, 0.3) is 11.3 Å². The Morgan fingerprint density at radius 1 is 1.07 bits per heavy atom. The summed E-state index contributed by atoms with van der Waals surface area (Å²) >= 11 is 0. The molecule has 0 unspecified atom stereocenters. The van der Waals surface area contributed by atoms with Crippen molar-refractivity contribution in [3.63, 3.8) is 0 Å². The highest BCUT2D eigenvalue weighted by atomic mass is 16.3. The van der Waals surface area contributed by atoms with Crippen LogP contribution in [0.1, 0.15) is 31.5 Å². The third-order valence-electron chi connectivity index (χ3n) is 4.07. The number of phenolic OH excluding ortho intramolecular Hbond substituents is 1. The summed E-state index contributed by atoms with van der Waals surface area (Å²) in [5.74, 6) is 0.901. The van der Waals surface area contributed by atoms with E-state index in [2.05, 4.69) is 10.3 Å². The highest BCUT2D eigenvalue weighted by Crippen LogP contribution is 2.23. The molecule has 0 fully saturated rings. The van der Waals surface area contributed by atoms with Gasteiger partial charge in [-0.1, -0.05) is 44.2 Å². The van der Waals surface area contributed by atoms with Crippen LogP contribution in [0.2, 0.25) is 0 Å². The van der Waals surface area contributed by atoms with Gasteiger partial charge in [-0.3, -0.25) is 4.79 Å². The Kier molecular flexibility index (Phi) is 5.81. The van der Waals surface area contributed by atoms with Crippen molar-refractivity contribution in [3.8, 4) is 17.0 Å². The van der Waals surface area contributed by atoms with Crippen LogP contribution in [0.5, 0.6) is 5.75 Å². The van der Waals surface area contributed by atoms with Gasteiger partial charge in [-0.05, 0) is 35.7 Å². The Balaban J connectivity index is 1.94. The number of hydrogen-bond acceptors (Lipinski definition) is 4. The topological polar surface area (TPSA) is 75.1 Å². The normalized spacial score (nSPS) is 10.8. The van der Waals surface area contributed by atoms with E-state index < -0.39 is 0 Å². The minimum absolute atomic E-state index is 0.0639. The molecule has 0 aliphatic carbocycles. The number of aromatic hydroxyl groups is 1. The molecule has 27 heavy (non-hydrogen) atoms. The second kappa shape index (κ2) is 8.45. The molecule has 0 atom stereocenters. The lowest BCUT2D eigenvalue weighted by Crippen LogP contribution is -2.17. The standard InChI is InChI=1S/C22H23N3O2/c1-15(2)12-21(27)25-22-19(13-16-6-4-3-5-7-16)24-20(14-23-22)17-8-10-18(26)11-9-17/h3-11,14-15,26H,12-13H2,1-2H3,(H,23,25,27). The average Bonchev–Trinajstić information content (AvgIpc) is 2.64. The predicted molar refractivity (Wildman–Crippen MR) is 106 cm³/mol. The van der Waals surface area contributed by atoms with E-state index in [0.717, 1.165) is 11.1 Å². The third-order valence-corrected chi connectivity index (χ3v) is 4.07.